The number of nitrogens with zero attached hydrogens (tertiary/aromatic N) is 4. The Morgan fingerprint density at radius 2 is 1.79 bits per heavy atom. The predicted molar refractivity (Wildman–Crippen MR) is 170 cm³/mol. The van der Waals surface area contributed by atoms with Crippen LogP contribution in [0.1, 0.15) is 53.9 Å². The Morgan fingerprint density at radius 1 is 1.02 bits per heavy atom. The van der Waals surface area contributed by atoms with Crippen molar-refractivity contribution in [1.82, 2.24) is 4.98 Å². The topological polar surface area (TPSA) is 144 Å². The third kappa shape index (κ3) is 5.78. The lowest BCUT2D eigenvalue weighted by molar-refractivity contribution is -0.145. The van der Waals surface area contributed by atoms with Crippen LogP contribution < -0.4 is 15.8 Å². The number of nitrogens with two attached hydrogens (primary N) is 1. The number of halogens is 4. The number of benzene rings is 2. The number of ether oxygens (including phenoxy) is 3. The van der Waals surface area contributed by atoms with Crippen LogP contribution in [-0.4, -0.2) is 59.7 Å². The van der Waals surface area contributed by atoms with E-state index >= 15 is 0 Å². The number of aliphatic imine (C=N–C) groups is 2. The number of carbonyl (C=O) groups excluding carboxylic acids is 1. The number of alkyl halides is 4. The van der Waals surface area contributed by atoms with Gasteiger partial charge in [-0.25, -0.2) is 15.0 Å². The minimum absolute atomic E-state index is 0.0936. The number of carbonyl (C=O) groups is 1. The zero-order chi connectivity index (χ0) is 34.4. The molecule has 2 spiro atoms. The number of para-hydroxylation sites is 1. The van der Waals surface area contributed by atoms with Gasteiger partial charge in [0.05, 0.1) is 5.56 Å². The van der Waals surface area contributed by atoms with Crippen LogP contribution in [0, 0.1) is 11.3 Å². The number of hydrogen-bond acceptors (Lipinski definition) is 10. The Hall–Kier alpha value is -4.84. The first-order valence-corrected chi connectivity index (χ1v) is 15.8. The average Bonchev–Trinajstić information content (AvgIpc) is 3.05. The summed E-state index contributed by atoms with van der Waals surface area (Å²) in [6.07, 6.45) is 2.63. The SMILES string of the molecule is CC1(C)C[C@@]2(N=COCC2(F)F)c2ccccc2O1.N#Cc1ccc(C(=O)Nc2ccc3c(c2)[C@@]2(CCS3)N=C(N)OCC2(F)F)nc1. The van der Waals surface area contributed by atoms with Crippen LogP contribution in [0.5, 0.6) is 5.75 Å². The first kappa shape index (κ1) is 33.1. The van der Waals surface area contributed by atoms with Crippen molar-refractivity contribution in [2.24, 2.45) is 15.7 Å². The van der Waals surface area contributed by atoms with E-state index in [2.05, 4.69) is 20.3 Å². The summed E-state index contributed by atoms with van der Waals surface area (Å²) in [5, 5.41) is 11.5. The monoisotopic (exact) mass is 682 g/mol. The summed E-state index contributed by atoms with van der Waals surface area (Å²) in [6.45, 7) is 2.09. The summed E-state index contributed by atoms with van der Waals surface area (Å²) >= 11 is 1.45. The third-order valence-electron chi connectivity index (χ3n) is 8.45. The molecule has 48 heavy (non-hydrogen) atoms. The maximum atomic E-state index is 14.9. The summed E-state index contributed by atoms with van der Waals surface area (Å²) in [5.74, 6) is -5.90. The highest BCUT2D eigenvalue weighted by atomic mass is 32.2. The molecule has 4 aliphatic heterocycles. The zero-order valence-corrected chi connectivity index (χ0v) is 26.6. The molecule has 0 saturated heterocycles. The number of hydrogen-bond donors (Lipinski definition) is 2. The van der Waals surface area contributed by atoms with Gasteiger partial charge in [-0.15, -0.1) is 11.8 Å². The molecular weight excluding hydrogens is 652 g/mol. The highest BCUT2D eigenvalue weighted by Crippen LogP contribution is 2.55. The lowest BCUT2D eigenvalue weighted by atomic mass is 9.73. The summed E-state index contributed by atoms with van der Waals surface area (Å²) in [7, 11) is 0. The molecule has 0 aliphatic carbocycles. The molecule has 250 valence electrons. The Morgan fingerprint density at radius 3 is 2.52 bits per heavy atom. The van der Waals surface area contributed by atoms with E-state index in [-0.39, 0.29) is 24.6 Å². The molecule has 0 radical (unpaired) electrons. The minimum atomic E-state index is -3.25. The number of thioether (sulfide) groups is 1. The van der Waals surface area contributed by atoms with Gasteiger partial charge in [-0.3, -0.25) is 4.79 Å². The Bertz CT molecular complexity index is 1850. The van der Waals surface area contributed by atoms with Gasteiger partial charge in [-0.05, 0) is 56.7 Å². The molecular formula is C33H30F4N6O4S. The second-order valence-electron chi connectivity index (χ2n) is 12.3. The highest BCUT2D eigenvalue weighted by Gasteiger charge is 2.62. The molecule has 3 aromatic rings. The van der Waals surface area contributed by atoms with Gasteiger partial charge in [-0.1, -0.05) is 18.2 Å². The maximum Gasteiger partial charge on any atom is 0.310 e. The number of nitrogens with one attached hydrogen (secondary N) is 1. The van der Waals surface area contributed by atoms with E-state index in [1.54, 1.807) is 50.2 Å². The molecule has 4 aliphatic rings. The third-order valence-corrected chi connectivity index (χ3v) is 9.53. The van der Waals surface area contributed by atoms with Crippen molar-refractivity contribution in [3.63, 3.8) is 0 Å². The van der Waals surface area contributed by atoms with Crippen LogP contribution in [0.3, 0.4) is 0 Å². The zero-order valence-electron chi connectivity index (χ0n) is 25.8. The molecule has 15 heteroatoms. The molecule has 5 heterocycles. The lowest BCUT2D eigenvalue weighted by Gasteiger charge is -2.47. The largest absolute Gasteiger partial charge is 0.487 e. The van der Waals surface area contributed by atoms with Crippen molar-refractivity contribution in [3.05, 3.63) is 83.2 Å². The number of aromatic nitrogens is 1. The number of nitriles is 1. The van der Waals surface area contributed by atoms with Crippen molar-refractivity contribution in [2.75, 3.05) is 24.3 Å². The summed E-state index contributed by atoms with van der Waals surface area (Å²) < 4.78 is 74.0. The first-order chi connectivity index (χ1) is 22.7. The van der Waals surface area contributed by atoms with Crippen LogP contribution in [0.15, 0.2) is 75.7 Å². The Kier molecular flexibility index (Phi) is 8.27. The number of rotatable bonds is 2. The van der Waals surface area contributed by atoms with E-state index in [1.807, 2.05) is 6.07 Å². The molecule has 0 saturated carbocycles. The lowest BCUT2D eigenvalue weighted by Crippen LogP contribution is -2.56. The summed E-state index contributed by atoms with van der Waals surface area (Å²) in [5.41, 5.74) is 2.99. The van der Waals surface area contributed by atoms with Crippen LogP contribution in [0.4, 0.5) is 23.2 Å². The van der Waals surface area contributed by atoms with Gasteiger partial charge < -0.3 is 25.3 Å². The number of anilines is 1. The second-order valence-corrected chi connectivity index (χ2v) is 13.4. The van der Waals surface area contributed by atoms with E-state index in [0.717, 1.165) is 6.40 Å². The van der Waals surface area contributed by atoms with E-state index < -0.39 is 47.6 Å². The molecule has 10 nitrogen and oxygen atoms in total. The van der Waals surface area contributed by atoms with Crippen LogP contribution in [0.25, 0.3) is 0 Å². The molecule has 0 fully saturated rings. The van der Waals surface area contributed by atoms with E-state index in [0.29, 0.717) is 38.8 Å². The minimum Gasteiger partial charge on any atom is -0.487 e. The molecule has 3 N–H and O–H groups in total. The normalized spacial score (nSPS) is 25.3. The van der Waals surface area contributed by atoms with Crippen LogP contribution in [0.2, 0.25) is 0 Å². The van der Waals surface area contributed by atoms with Gasteiger partial charge in [0.15, 0.2) is 30.7 Å². The second kappa shape index (κ2) is 12.0. The van der Waals surface area contributed by atoms with Gasteiger partial charge in [0, 0.05) is 40.1 Å². The van der Waals surface area contributed by atoms with Gasteiger partial charge in [-0.2, -0.15) is 22.8 Å². The van der Waals surface area contributed by atoms with Crippen LogP contribution >= 0.6 is 11.8 Å². The fourth-order valence-corrected chi connectivity index (χ4v) is 7.40. The number of fused-ring (bicyclic) bond motifs is 4. The molecule has 0 unspecified atom stereocenters. The van der Waals surface area contributed by atoms with E-state index in [4.69, 9.17) is 25.2 Å². The van der Waals surface area contributed by atoms with Crippen molar-refractivity contribution in [1.29, 1.82) is 5.26 Å². The van der Waals surface area contributed by atoms with E-state index in [1.165, 1.54) is 36.2 Å². The maximum absolute atomic E-state index is 14.9. The number of pyridine rings is 1. The predicted octanol–water partition coefficient (Wildman–Crippen LogP) is 6.01. The van der Waals surface area contributed by atoms with Gasteiger partial charge in [0.25, 0.3) is 11.9 Å². The van der Waals surface area contributed by atoms with Crippen molar-refractivity contribution >= 4 is 35.8 Å². The van der Waals surface area contributed by atoms with Crippen LogP contribution in [-0.2, 0) is 20.6 Å². The first-order valence-electron chi connectivity index (χ1n) is 14.8. The number of amidine groups is 1. The van der Waals surface area contributed by atoms with Crippen molar-refractivity contribution in [2.45, 2.75) is 60.1 Å². The molecule has 1 aromatic heterocycles. The Balaban J connectivity index is 0.000000182. The smallest absolute Gasteiger partial charge is 0.310 e. The molecule has 2 atom stereocenters. The average molecular weight is 683 g/mol. The van der Waals surface area contributed by atoms with E-state index in [9.17, 15) is 22.4 Å². The summed E-state index contributed by atoms with van der Waals surface area (Å²) in [6, 6.07) is 16.2. The fraction of sp³-hybridized carbons (Fsp3) is 0.364. The van der Waals surface area contributed by atoms with Gasteiger partial charge >= 0.3 is 11.8 Å². The van der Waals surface area contributed by atoms with Crippen molar-refractivity contribution < 1.29 is 36.6 Å². The standard InChI is InChI=1S/C19H15F2N5O2S.C14H15F2NO2/c20-19(21)10-28-17(23)26-18(19)5-6-29-15-4-2-12(7-13(15)18)25-16(27)14-3-1-11(8-22)9-24-14;1-12(2)7-13(14(15,16)8-18-9-17-13)10-5-3-4-6-11(10)19-12/h1-4,7,9H,5-6,10H2,(H2,23,26)(H,25,27);3-6,9H,7-8H2,1-2H3/t18-;13-/m11/s1. The number of amides is 1. The van der Waals surface area contributed by atoms with Gasteiger partial charge in [0.2, 0.25) is 0 Å². The summed E-state index contributed by atoms with van der Waals surface area (Å²) in [4.78, 5) is 25.1. The molecule has 0 bridgehead atoms. The van der Waals surface area contributed by atoms with Gasteiger partial charge in [0.1, 0.15) is 23.1 Å². The highest BCUT2D eigenvalue weighted by molar-refractivity contribution is 7.99. The molecule has 7 rings (SSSR count). The Labute approximate surface area is 277 Å². The van der Waals surface area contributed by atoms with Crippen molar-refractivity contribution in [3.8, 4) is 11.8 Å². The quantitative estimate of drug-likeness (QED) is 0.313. The molecule has 1 amide bonds. The fourth-order valence-electron chi connectivity index (χ4n) is 6.24. The molecule has 2 aromatic carbocycles.